The molecule has 0 spiro atoms. The van der Waals surface area contributed by atoms with E-state index < -0.39 is 10.0 Å². The fraction of sp³-hybridized carbons (Fsp3) is 0.786. The summed E-state index contributed by atoms with van der Waals surface area (Å²) in [6, 6.07) is 0.316. The molecule has 120 valence electrons. The lowest BCUT2D eigenvalue weighted by Gasteiger charge is -2.23. The van der Waals surface area contributed by atoms with E-state index in [0.29, 0.717) is 12.5 Å². The molecule has 0 bridgehead atoms. The monoisotopic (exact) mass is 314 g/mol. The van der Waals surface area contributed by atoms with Crippen molar-refractivity contribution in [2.75, 3.05) is 7.05 Å². The van der Waals surface area contributed by atoms with Gasteiger partial charge in [0.1, 0.15) is 0 Å². The van der Waals surface area contributed by atoms with Gasteiger partial charge in [-0.2, -0.15) is 9.40 Å². The second kappa shape index (κ2) is 6.06. The molecule has 2 rings (SSSR count). The first-order chi connectivity index (χ1) is 9.75. The van der Waals surface area contributed by atoms with E-state index in [-0.39, 0.29) is 17.1 Å². The van der Waals surface area contributed by atoms with Crippen molar-refractivity contribution in [3.05, 3.63) is 11.3 Å². The van der Waals surface area contributed by atoms with Gasteiger partial charge in [0.05, 0.1) is 0 Å². The van der Waals surface area contributed by atoms with Crippen LogP contribution in [0.5, 0.6) is 0 Å². The molecule has 0 saturated heterocycles. The molecular weight excluding hydrogens is 288 g/mol. The maximum atomic E-state index is 12.8. The van der Waals surface area contributed by atoms with Crippen molar-refractivity contribution in [1.29, 1.82) is 0 Å². The van der Waals surface area contributed by atoms with Gasteiger partial charge >= 0.3 is 0 Å². The van der Waals surface area contributed by atoms with Gasteiger partial charge in [-0.25, -0.2) is 8.42 Å². The fourth-order valence-electron chi connectivity index (χ4n) is 2.39. The highest BCUT2D eigenvalue weighted by molar-refractivity contribution is 7.89. The Morgan fingerprint density at radius 2 is 2.00 bits per heavy atom. The molecule has 1 aliphatic carbocycles. The lowest BCUT2D eigenvalue weighted by molar-refractivity contribution is 0.355. The van der Waals surface area contributed by atoms with Crippen LogP contribution >= 0.6 is 0 Å². The number of sulfonamides is 1. The third-order valence-corrected chi connectivity index (χ3v) is 6.14. The Kier molecular flexibility index (Phi) is 4.75. The van der Waals surface area contributed by atoms with Gasteiger partial charge < -0.3 is 5.32 Å². The standard InChI is InChI=1S/C14H26N4O2S/c1-9(2)15-8-13-10(3)16-17-14(13)21(19,20)18(5)11(4)12-6-7-12/h9,11-12,15H,6-8H2,1-5H3,(H,16,17). The van der Waals surface area contributed by atoms with E-state index in [1.54, 1.807) is 7.05 Å². The lowest BCUT2D eigenvalue weighted by Crippen LogP contribution is -2.37. The van der Waals surface area contributed by atoms with Gasteiger partial charge in [0.15, 0.2) is 5.03 Å². The quantitative estimate of drug-likeness (QED) is 0.802. The maximum absolute atomic E-state index is 12.8. The molecule has 0 amide bonds. The molecule has 0 aliphatic heterocycles. The second-order valence-electron chi connectivity index (χ2n) is 6.27. The van der Waals surface area contributed by atoms with Crippen molar-refractivity contribution in [2.24, 2.45) is 5.92 Å². The zero-order valence-electron chi connectivity index (χ0n) is 13.5. The molecule has 1 unspecified atom stereocenters. The number of hydrogen-bond acceptors (Lipinski definition) is 4. The highest BCUT2D eigenvalue weighted by atomic mass is 32.2. The summed E-state index contributed by atoms with van der Waals surface area (Å²) in [5.74, 6) is 0.488. The van der Waals surface area contributed by atoms with Crippen LogP contribution in [0.2, 0.25) is 0 Å². The number of aromatic nitrogens is 2. The average Bonchev–Trinajstić information content (AvgIpc) is 3.18. The predicted octanol–water partition coefficient (Wildman–Crippen LogP) is 1.64. The Bertz CT molecular complexity index is 590. The van der Waals surface area contributed by atoms with Crippen LogP contribution in [-0.2, 0) is 16.6 Å². The molecule has 2 N–H and O–H groups in total. The van der Waals surface area contributed by atoms with Gasteiger partial charge in [0, 0.05) is 36.9 Å². The SMILES string of the molecule is Cc1[nH]nc(S(=O)(=O)N(C)C(C)C2CC2)c1CNC(C)C. The molecule has 1 aromatic heterocycles. The normalized spacial score (nSPS) is 17.7. The van der Waals surface area contributed by atoms with Crippen LogP contribution in [0.15, 0.2) is 5.03 Å². The predicted molar refractivity (Wildman–Crippen MR) is 82.4 cm³/mol. The first kappa shape index (κ1) is 16.5. The first-order valence-electron chi connectivity index (χ1n) is 7.50. The highest BCUT2D eigenvalue weighted by Gasteiger charge is 2.38. The highest BCUT2D eigenvalue weighted by Crippen LogP contribution is 2.36. The van der Waals surface area contributed by atoms with Gasteiger partial charge in [-0.1, -0.05) is 13.8 Å². The van der Waals surface area contributed by atoms with E-state index >= 15 is 0 Å². The summed E-state index contributed by atoms with van der Waals surface area (Å²) in [6.45, 7) is 8.39. The number of H-pyrrole nitrogens is 1. The van der Waals surface area contributed by atoms with Crippen molar-refractivity contribution in [1.82, 2.24) is 19.8 Å². The number of aryl methyl sites for hydroxylation is 1. The van der Waals surface area contributed by atoms with E-state index in [2.05, 4.69) is 15.5 Å². The van der Waals surface area contributed by atoms with Gasteiger partial charge in [0.25, 0.3) is 10.0 Å². The Morgan fingerprint density at radius 3 is 2.52 bits per heavy atom. The summed E-state index contributed by atoms with van der Waals surface area (Å²) in [4.78, 5) is 0. The van der Waals surface area contributed by atoms with Crippen LogP contribution in [0.25, 0.3) is 0 Å². The third-order valence-electron chi connectivity index (χ3n) is 4.22. The minimum absolute atomic E-state index is 0.0258. The van der Waals surface area contributed by atoms with E-state index in [1.807, 2.05) is 27.7 Å². The molecule has 1 fully saturated rings. The molecule has 6 nitrogen and oxygen atoms in total. The summed E-state index contributed by atoms with van der Waals surface area (Å²) in [5, 5.41) is 10.3. The van der Waals surface area contributed by atoms with Crippen LogP contribution < -0.4 is 5.32 Å². The van der Waals surface area contributed by atoms with Crippen molar-refractivity contribution < 1.29 is 8.42 Å². The zero-order chi connectivity index (χ0) is 15.8. The lowest BCUT2D eigenvalue weighted by atomic mass is 10.2. The number of aromatic amines is 1. The molecule has 7 heteroatoms. The van der Waals surface area contributed by atoms with Crippen LogP contribution in [0.1, 0.15) is 44.9 Å². The Morgan fingerprint density at radius 1 is 1.38 bits per heavy atom. The van der Waals surface area contributed by atoms with Crippen LogP contribution in [0.4, 0.5) is 0 Å². The molecule has 1 heterocycles. The average molecular weight is 314 g/mol. The largest absolute Gasteiger partial charge is 0.310 e. The fourth-order valence-corrected chi connectivity index (χ4v) is 3.97. The smallest absolute Gasteiger partial charge is 0.262 e. The molecule has 1 aromatic rings. The summed E-state index contributed by atoms with van der Waals surface area (Å²) in [7, 11) is -1.90. The third kappa shape index (κ3) is 3.46. The molecule has 0 aromatic carbocycles. The molecule has 1 atom stereocenters. The van der Waals surface area contributed by atoms with Crippen molar-refractivity contribution in [2.45, 2.75) is 64.2 Å². The van der Waals surface area contributed by atoms with Crippen molar-refractivity contribution >= 4 is 10.0 Å². The van der Waals surface area contributed by atoms with Gasteiger partial charge in [-0.15, -0.1) is 0 Å². The summed E-state index contributed by atoms with van der Waals surface area (Å²) >= 11 is 0. The molecule has 1 saturated carbocycles. The van der Waals surface area contributed by atoms with E-state index in [1.165, 1.54) is 4.31 Å². The molecule has 1 aliphatic rings. The minimum atomic E-state index is -3.55. The minimum Gasteiger partial charge on any atom is -0.310 e. The molecule has 0 radical (unpaired) electrons. The first-order valence-corrected chi connectivity index (χ1v) is 8.94. The van der Waals surface area contributed by atoms with Gasteiger partial charge in [0.2, 0.25) is 0 Å². The Balaban J connectivity index is 2.27. The topological polar surface area (TPSA) is 78.1 Å². The zero-order valence-corrected chi connectivity index (χ0v) is 14.3. The van der Waals surface area contributed by atoms with Crippen LogP contribution in [0, 0.1) is 12.8 Å². The number of rotatable bonds is 7. The second-order valence-corrected chi connectivity index (χ2v) is 8.18. The maximum Gasteiger partial charge on any atom is 0.262 e. The molecule has 21 heavy (non-hydrogen) atoms. The van der Waals surface area contributed by atoms with Gasteiger partial charge in [-0.3, -0.25) is 5.10 Å². The molecular formula is C14H26N4O2S. The Hall–Kier alpha value is -0.920. The number of nitrogens with zero attached hydrogens (tertiary/aromatic N) is 2. The summed E-state index contributed by atoms with van der Waals surface area (Å²) in [5.41, 5.74) is 1.53. The van der Waals surface area contributed by atoms with E-state index in [0.717, 1.165) is 24.1 Å². The number of hydrogen-bond donors (Lipinski definition) is 2. The van der Waals surface area contributed by atoms with E-state index in [4.69, 9.17) is 0 Å². The van der Waals surface area contributed by atoms with Gasteiger partial charge in [-0.05, 0) is 32.6 Å². The van der Waals surface area contributed by atoms with Crippen LogP contribution in [0.3, 0.4) is 0 Å². The van der Waals surface area contributed by atoms with E-state index in [9.17, 15) is 8.42 Å². The summed E-state index contributed by atoms with van der Waals surface area (Å²) in [6.07, 6.45) is 2.23. The Labute approximate surface area is 127 Å². The summed E-state index contributed by atoms with van der Waals surface area (Å²) < 4.78 is 27.1. The number of nitrogens with one attached hydrogen (secondary N) is 2. The van der Waals surface area contributed by atoms with Crippen molar-refractivity contribution in [3.8, 4) is 0 Å². The van der Waals surface area contributed by atoms with Crippen molar-refractivity contribution in [3.63, 3.8) is 0 Å². The van der Waals surface area contributed by atoms with Crippen LogP contribution in [-0.4, -0.2) is 42.1 Å².